The van der Waals surface area contributed by atoms with Crippen LogP contribution in [0.3, 0.4) is 0 Å². The second kappa shape index (κ2) is 5.64. The number of aliphatic carboxylic acids is 1. The van der Waals surface area contributed by atoms with Crippen molar-refractivity contribution >= 4 is 17.7 Å². The van der Waals surface area contributed by atoms with Crippen molar-refractivity contribution in [3.63, 3.8) is 0 Å². The summed E-state index contributed by atoms with van der Waals surface area (Å²) in [6.45, 7) is 10.2. The van der Waals surface area contributed by atoms with Crippen LogP contribution in [0.25, 0.3) is 0 Å². The molecular formula is C11H22O2S. The topological polar surface area (TPSA) is 37.3 Å². The van der Waals surface area contributed by atoms with Crippen molar-refractivity contribution in [2.45, 2.75) is 46.3 Å². The summed E-state index contributed by atoms with van der Waals surface area (Å²) >= 11 is 1.87. The molecule has 0 aromatic carbocycles. The highest BCUT2D eigenvalue weighted by molar-refractivity contribution is 7.99. The third kappa shape index (κ3) is 4.89. The predicted octanol–water partition coefficient (Wildman–Crippen LogP) is 3.27. The van der Waals surface area contributed by atoms with Crippen LogP contribution >= 0.6 is 11.8 Å². The van der Waals surface area contributed by atoms with Crippen molar-refractivity contribution in [3.05, 3.63) is 0 Å². The molecule has 0 rings (SSSR count). The molecule has 14 heavy (non-hydrogen) atoms. The van der Waals surface area contributed by atoms with Crippen LogP contribution in [0.4, 0.5) is 0 Å². The number of carboxylic acid groups (broad SMARTS) is 1. The number of rotatable bonds is 6. The molecule has 0 fully saturated rings. The lowest BCUT2D eigenvalue weighted by Crippen LogP contribution is -2.24. The first-order valence-corrected chi connectivity index (χ1v) is 6.17. The van der Waals surface area contributed by atoms with Gasteiger partial charge in [0, 0.05) is 5.25 Å². The third-order valence-electron chi connectivity index (χ3n) is 2.63. The van der Waals surface area contributed by atoms with Crippen LogP contribution in [0, 0.1) is 11.3 Å². The van der Waals surface area contributed by atoms with E-state index in [2.05, 4.69) is 20.8 Å². The molecule has 0 aliphatic heterocycles. The van der Waals surface area contributed by atoms with Gasteiger partial charge in [-0.15, -0.1) is 0 Å². The van der Waals surface area contributed by atoms with Gasteiger partial charge in [-0.2, -0.15) is 11.8 Å². The third-order valence-corrected chi connectivity index (χ3v) is 4.14. The summed E-state index contributed by atoms with van der Waals surface area (Å²) in [4.78, 5) is 10.8. The Kier molecular flexibility index (Phi) is 5.57. The summed E-state index contributed by atoms with van der Waals surface area (Å²) in [6, 6.07) is 0. The minimum atomic E-state index is -0.699. The first kappa shape index (κ1) is 13.8. The van der Waals surface area contributed by atoms with Crippen LogP contribution in [-0.4, -0.2) is 22.1 Å². The second-order valence-electron chi connectivity index (χ2n) is 4.76. The summed E-state index contributed by atoms with van der Waals surface area (Å²) < 4.78 is 0. The molecule has 0 heterocycles. The van der Waals surface area contributed by atoms with Crippen molar-refractivity contribution in [1.82, 2.24) is 0 Å². The van der Waals surface area contributed by atoms with Crippen LogP contribution in [-0.2, 0) is 4.79 Å². The zero-order chi connectivity index (χ0) is 11.4. The van der Waals surface area contributed by atoms with Gasteiger partial charge in [0.15, 0.2) is 0 Å². The zero-order valence-corrected chi connectivity index (χ0v) is 10.6. The molecule has 2 nitrogen and oxygen atoms in total. The number of hydrogen-bond donors (Lipinski definition) is 1. The Hall–Kier alpha value is -0.180. The molecule has 0 saturated carbocycles. The van der Waals surface area contributed by atoms with Crippen LogP contribution < -0.4 is 0 Å². The molecule has 0 amide bonds. The van der Waals surface area contributed by atoms with E-state index in [0.29, 0.717) is 11.2 Å². The van der Waals surface area contributed by atoms with Crippen molar-refractivity contribution in [1.29, 1.82) is 0 Å². The molecule has 0 saturated heterocycles. The van der Waals surface area contributed by atoms with Gasteiger partial charge in [-0.25, -0.2) is 0 Å². The Morgan fingerprint density at radius 1 is 1.36 bits per heavy atom. The SMILES string of the molecule is CC(C)C(C)SCCC(C)(C)C(=O)O. The summed E-state index contributed by atoms with van der Waals surface area (Å²) in [5.41, 5.74) is -0.580. The molecule has 0 aliphatic carbocycles. The summed E-state index contributed by atoms with van der Waals surface area (Å²) in [6.07, 6.45) is 0.740. The van der Waals surface area contributed by atoms with Gasteiger partial charge in [0.1, 0.15) is 0 Å². The molecular weight excluding hydrogens is 196 g/mol. The standard InChI is InChI=1S/C11H22O2S/c1-8(2)9(3)14-7-6-11(4,5)10(12)13/h8-9H,6-7H2,1-5H3,(H,12,13). The number of thioether (sulfide) groups is 1. The monoisotopic (exact) mass is 218 g/mol. The summed E-state index contributed by atoms with van der Waals surface area (Å²) in [7, 11) is 0. The fourth-order valence-corrected chi connectivity index (χ4v) is 2.18. The summed E-state index contributed by atoms with van der Waals surface area (Å²) in [5, 5.41) is 9.52. The average Bonchev–Trinajstić information content (AvgIpc) is 2.03. The molecule has 0 aliphatic rings. The van der Waals surface area contributed by atoms with Gasteiger partial charge in [0.05, 0.1) is 5.41 Å². The fraction of sp³-hybridized carbons (Fsp3) is 0.909. The first-order valence-electron chi connectivity index (χ1n) is 5.12. The maximum Gasteiger partial charge on any atom is 0.309 e. The van der Waals surface area contributed by atoms with Gasteiger partial charge in [-0.1, -0.05) is 20.8 Å². The Morgan fingerprint density at radius 3 is 2.21 bits per heavy atom. The van der Waals surface area contributed by atoms with E-state index in [1.807, 2.05) is 11.8 Å². The molecule has 0 radical (unpaired) electrons. The predicted molar refractivity (Wildman–Crippen MR) is 62.8 cm³/mol. The van der Waals surface area contributed by atoms with E-state index in [1.54, 1.807) is 13.8 Å². The van der Waals surface area contributed by atoms with Gasteiger partial charge < -0.3 is 5.11 Å². The van der Waals surface area contributed by atoms with E-state index >= 15 is 0 Å². The van der Waals surface area contributed by atoms with Crippen molar-refractivity contribution in [2.24, 2.45) is 11.3 Å². The van der Waals surface area contributed by atoms with E-state index in [1.165, 1.54) is 0 Å². The Morgan fingerprint density at radius 2 is 1.86 bits per heavy atom. The Bertz CT molecular complexity index is 188. The minimum absolute atomic E-state index is 0.580. The van der Waals surface area contributed by atoms with Crippen molar-refractivity contribution in [2.75, 3.05) is 5.75 Å². The quantitative estimate of drug-likeness (QED) is 0.743. The lowest BCUT2D eigenvalue weighted by molar-refractivity contribution is -0.146. The number of carboxylic acids is 1. The molecule has 0 bridgehead atoms. The molecule has 84 valence electrons. The van der Waals surface area contributed by atoms with Gasteiger partial charge in [0.2, 0.25) is 0 Å². The number of carbonyl (C=O) groups is 1. The first-order chi connectivity index (χ1) is 6.27. The smallest absolute Gasteiger partial charge is 0.309 e. The van der Waals surface area contributed by atoms with Crippen LogP contribution in [0.5, 0.6) is 0 Å². The molecule has 1 N–H and O–H groups in total. The maximum absolute atomic E-state index is 10.8. The molecule has 0 spiro atoms. The zero-order valence-electron chi connectivity index (χ0n) is 9.83. The van der Waals surface area contributed by atoms with Gasteiger partial charge in [0.25, 0.3) is 0 Å². The molecule has 0 aromatic rings. The molecule has 1 unspecified atom stereocenters. The van der Waals surface area contributed by atoms with Crippen LogP contribution in [0.2, 0.25) is 0 Å². The van der Waals surface area contributed by atoms with E-state index in [-0.39, 0.29) is 0 Å². The molecule has 0 aromatic heterocycles. The minimum Gasteiger partial charge on any atom is -0.481 e. The highest BCUT2D eigenvalue weighted by Gasteiger charge is 2.26. The Balaban J connectivity index is 3.79. The second-order valence-corrected chi connectivity index (χ2v) is 6.24. The largest absolute Gasteiger partial charge is 0.481 e. The molecule has 1 atom stereocenters. The fourth-order valence-electron chi connectivity index (χ4n) is 0.799. The highest BCUT2D eigenvalue weighted by Crippen LogP contribution is 2.26. The normalized spacial score (nSPS) is 14.4. The van der Waals surface area contributed by atoms with E-state index in [4.69, 9.17) is 5.11 Å². The lowest BCUT2D eigenvalue weighted by atomic mass is 9.91. The maximum atomic E-state index is 10.8. The van der Waals surface area contributed by atoms with Gasteiger partial charge >= 0.3 is 5.97 Å². The van der Waals surface area contributed by atoms with Crippen molar-refractivity contribution < 1.29 is 9.90 Å². The Labute approximate surface area is 91.5 Å². The van der Waals surface area contributed by atoms with Gasteiger partial charge in [-0.05, 0) is 31.9 Å². The summed E-state index contributed by atoms with van der Waals surface area (Å²) in [5.74, 6) is 0.891. The average molecular weight is 218 g/mol. The van der Waals surface area contributed by atoms with Crippen LogP contribution in [0.15, 0.2) is 0 Å². The lowest BCUT2D eigenvalue weighted by Gasteiger charge is -2.21. The van der Waals surface area contributed by atoms with Crippen LogP contribution in [0.1, 0.15) is 41.0 Å². The van der Waals surface area contributed by atoms with E-state index < -0.39 is 11.4 Å². The van der Waals surface area contributed by atoms with E-state index in [9.17, 15) is 4.79 Å². The van der Waals surface area contributed by atoms with Crippen molar-refractivity contribution in [3.8, 4) is 0 Å². The number of hydrogen-bond acceptors (Lipinski definition) is 2. The van der Waals surface area contributed by atoms with E-state index in [0.717, 1.165) is 12.2 Å². The molecule has 3 heteroatoms. The van der Waals surface area contributed by atoms with Gasteiger partial charge in [-0.3, -0.25) is 4.79 Å². The highest BCUT2D eigenvalue weighted by atomic mass is 32.2.